The van der Waals surface area contributed by atoms with Crippen LogP contribution in [-0.2, 0) is 4.79 Å². The minimum atomic E-state index is -0.449. The second-order valence-corrected chi connectivity index (χ2v) is 6.36. The maximum atomic E-state index is 11.2. The van der Waals surface area contributed by atoms with Crippen LogP contribution in [0.2, 0.25) is 0 Å². The monoisotopic (exact) mass is 379 g/mol. The van der Waals surface area contributed by atoms with E-state index < -0.39 is 6.10 Å². The quantitative estimate of drug-likeness (QED) is 0.658. The fourth-order valence-corrected chi connectivity index (χ4v) is 2.03. The highest BCUT2D eigenvalue weighted by Gasteiger charge is 2.08. The number of carbonyl (C=O) groups excluding carboxylic acids is 1. The lowest BCUT2D eigenvalue weighted by atomic mass is 10.2. The number of rotatable bonds is 8. The van der Waals surface area contributed by atoms with Gasteiger partial charge in [0.25, 0.3) is 0 Å². The number of hydrogen-bond donors (Lipinski definition) is 1. The van der Waals surface area contributed by atoms with Gasteiger partial charge in [0.15, 0.2) is 11.9 Å². The molecule has 0 spiro atoms. The number of benzene rings is 2. The highest BCUT2D eigenvalue weighted by atomic mass is 35.5. The number of anilines is 2. The molecule has 0 aliphatic heterocycles. The summed E-state index contributed by atoms with van der Waals surface area (Å²) in [6.07, 6.45) is 1.13. The van der Waals surface area contributed by atoms with Crippen LogP contribution in [0.25, 0.3) is 0 Å². The Bertz CT molecular complexity index is 723. The summed E-state index contributed by atoms with van der Waals surface area (Å²) in [6.45, 7) is 3.55. The summed E-state index contributed by atoms with van der Waals surface area (Å²) >= 11 is 11.0. The van der Waals surface area contributed by atoms with Crippen molar-refractivity contribution < 1.29 is 14.3 Å². The number of Topliss-reactive ketones (excluding diaryl/α,β-unsaturated/α-hetero) is 1. The third-order valence-electron chi connectivity index (χ3n) is 3.37. The molecule has 6 heteroatoms. The van der Waals surface area contributed by atoms with Gasteiger partial charge in [-0.15, -0.1) is 0 Å². The third kappa shape index (κ3) is 6.69. The van der Waals surface area contributed by atoms with E-state index in [0.717, 1.165) is 17.1 Å². The van der Waals surface area contributed by atoms with Gasteiger partial charge in [-0.3, -0.25) is 4.79 Å². The van der Waals surface area contributed by atoms with E-state index in [1.807, 2.05) is 48.5 Å². The number of nitrogens with one attached hydrogen (secondary N) is 1. The van der Waals surface area contributed by atoms with Gasteiger partial charge in [0.1, 0.15) is 22.6 Å². The lowest BCUT2D eigenvalue weighted by molar-refractivity contribution is -0.122. The summed E-state index contributed by atoms with van der Waals surface area (Å²) in [5.74, 6) is 1.37. The van der Waals surface area contributed by atoms with Gasteiger partial charge in [-0.05, 0) is 68.5 Å². The molecule has 1 unspecified atom stereocenters. The topological polar surface area (TPSA) is 47.6 Å². The Morgan fingerprint density at radius 2 is 1.56 bits per heavy atom. The van der Waals surface area contributed by atoms with Crippen molar-refractivity contribution in [3.05, 3.63) is 59.1 Å². The van der Waals surface area contributed by atoms with E-state index in [2.05, 4.69) is 5.32 Å². The average molecular weight is 380 g/mol. The fraction of sp³-hybridized carbons (Fsp3) is 0.211. The number of ketones is 1. The van der Waals surface area contributed by atoms with Gasteiger partial charge < -0.3 is 14.8 Å². The summed E-state index contributed by atoms with van der Waals surface area (Å²) in [5.41, 5.74) is 1.83. The highest BCUT2D eigenvalue weighted by Crippen LogP contribution is 2.23. The molecule has 0 heterocycles. The van der Waals surface area contributed by atoms with Gasteiger partial charge in [-0.1, -0.05) is 23.2 Å². The van der Waals surface area contributed by atoms with E-state index in [1.54, 1.807) is 13.0 Å². The first-order valence-corrected chi connectivity index (χ1v) is 8.48. The van der Waals surface area contributed by atoms with Crippen LogP contribution in [0.1, 0.15) is 13.8 Å². The number of halogens is 2. The van der Waals surface area contributed by atoms with E-state index in [0.29, 0.717) is 12.4 Å². The van der Waals surface area contributed by atoms with E-state index in [1.165, 1.54) is 6.92 Å². The first-order valence-electron chi connectivity index (χ1n) is 7.72. The first-order chi connectivity index (χ1) is 11.9. The third-order valence-corrected chi connectivity index (χ3v) is 3.68. The molecular weight excluding hydrogens is 361 g/mol. The Hall–Kier alpha value is -2.17. The summed E-state index contributed by atoms with van der Waals surface area (Å²) in [4.78, 5) is 11.2. The van der Waals surface area contributed by atoms with E-state index >= 15 is 0 Å². The zero-order valence-corrected chi connectivity index (χ0v) is 15.5. The minimum absolute atomic E-state index is 0.00619. The molecule has 0 radical (unpaired) electrons. The zero-order valence-electron chi connectivity index (χ0n) is 14.0. The Labute approximate surface area is 157 Å². The molecule has 0 fully saturated rings. The Kier molecular flexibility index (Phi) is 7.16. The molecule has 0 saturated heterocycles. The van der Waals surface area contributed by atoms with Crippen LogP contribution in [0.15, 0.2) is 59.1 Å². The second kappa shape index (κ2) is 9.35. The van der Waals surface area contributed by atoms with E-state index in [9.17, 15) is 4.79 Å². The lowest BCUT2D eigenvalue weighted by Gasteiger charge is -2.12. The van der Waals surface area contributed by atoms with Crippen LogP contribution in [0, 0.1) is 0 Å². The maximum absolute atomic E-state index is 11.2. The van der Waals surface area contributed by atoms with Gasteiger partial charge in [-0.25, -0.2) is 0 Å². The molecule has 2 aromatic rings. The van der Waals surface area contributed by atoms with Gasteiger partial charge in [-0.2, -0.15) is 0 Å². The zero-order chi connectivity index (χ0) is 18.2. The van der Waals surface area contributed by atoms with Crippen LogP contribution < -0.4 is 14.8 Å². The smallest absolute Gasteiger partial charge is 0.169 e. The van der Waals surface area contributed by atoms with Crippen molar-refractivity contribution in [3.8, 4) is 11.5 Å². The summed E-state index contributed by atoms with van der Waals surface area (Å²) < 4.78 is 11.2. The SMILES string of the molecule is CC(=O)C(C)Oc1ccc(Nc2ccc(OCC=C(Cl)Cl)cc2)cc1. The molecule has 4 nitrogen and oxygen atoms in total. The van der Waals surface area contributed by atoms with Crippen LogP contribution in [-0.4, -0.2) is 18.5 Å². The van der Waals surface area contributed by atoms with Gasteiger partial charge >= 0.3 is 0 Å². The summed E-state index contributed by atoms with van der Waals surface area (Å²) in [6, 6.07) is 14.9. The van der Waals surface area contributed by atoms with Crippen molar-refractivity contribution in [3.63, 3.8) is 0 Å². The first kappa shape index (κ1) is 19.2. The molecular formula is C19H19Cl2NO3. The summed E-state index contributed by atoms with van der Waals surface area (Å²) in [7, 11) is 0. The fourth-order valence-electron chi connectivity index (χ4n) is 1.91. The van der Waals surface area contributed by atoms with Crippen molar-refractivity contribution in [2.24, 2.45) is 0 Å². The van der Waals surface area contributed by atoms with Crippen molar-refractivity contribution >= 4 is 40.4 Å². The Morgan fingerprint density at radius 1 is 1.04 bits per heavy atom. The molecule has 0 amide bonds. The average Bonchev–Trinajstić information content (AvgIpc) is 2.58. The highest BCUT2D eigenvalue weighted by molar-refractivity contribution is 6.55. The van der Waals surface area contributed by atoms with Crippen LogP contribution >= 0.6 is 23.2 Å². The van der Waals surface area contributed by atoms with E-state index in [4.69, 9.17) is 32.7 Å². The predicted octanol–water partition coefficient (Wildman–Crippen LogP) is 5.48. The molecule has 1 atom stereocenters. The largest absolute Gasteiger partial charge is 0.489 e. The number of ether oxygens (including phenoxy) is 2. The molecule has 2 aromatic carbocycles. The number of hydrogen-bond acceptors (Lipinski definition) is 4. The van der Waals surface area contributed by atoms with Crippen molar-refractivity contribution in [2.75, 3.05) is 11.9 Å². The lowest BCUT2D eigenvalue weighted by Crippen LogP contribution is -2.20. The molecule has 0 aromatic heterocycles. The molecule has 0 bridgehead atoms. The van der Waals surface area contributed by atoms with Crippen molar-refractivity contribution in [2.45, 2.75) is 20.0 Å². The van der Waals surface area contributed by atoms with Crippen LogP contribution in [0.5, 0.6) is 11.5 Å². The molecule has 2 rings (SSSR count). The van der Waals surface area contributed by atoms with Gasteiger partial charge in [0, 0.05) is 11.4 Å². The predicted molar refractivity (Wildman–Crippen MR) is 102 cm³/mol. The molecule has 25 heavy (non-hydrogen) atoms. The van der Waals surface area contributed by atoms with Crippen molar-refractivity contribution in [1.29, 1.82) is 0 Å². The van der Waals surface area contributed by atoms with Gasteiger partial charge in [0.05, 0.1) is 0 Å². The van der Waals surface area contributed by atoms with Crippen molar-refractivity contribution in [1.82, 2.24) is 0 Å². The number of carbonyl (C=O) groups is 1. The summed E-state index contributed by atoms with van der Waals surface area (Å²) in [5, 5.41) is 3.28. The molecule has 1 N–H and O–H groups in total. The Balaban J connectivity index is 1.91. The van der Waals surface area contributed by atoms with E-state index in [-0.39, 0.29) is 10.3 Å². The van der Waals surface area contributed by atoms with Crippen LogP contribution in [0.3, 0.4) is 0 Å². The molecule has 0 aliphatic carbocycles. The Morgan fingerprint density at radius 3 is 2.04 bits per heavy atom. The molecule has 0 saturated carbocycles. The van der Waals surface area contributed by atoms with Gasteiger partial charge in [0.2, 0.25) is 0 Å². The minimum Gasteiger partial charge on any atom is -0.489 e. The standard InChI is InChI=1S/C19H19Cl2NO3/c1-13(23)14(2)25-18-9-5-16(6-10-18)22-15-3-7-17(8-4-15)24-12-11-19(20)21/h3-11,14,22H,12H2,1-2H3. The normalized spacial score (nSPS) is 11.4. The second-order valence-electron chi connectivity index (χ2n) is 5.35. The molecule has 132 valence electrons. The van der Waals surface area contributed by atoms with Crippen LogP contribution in [0.4, 0.5) is 11.4 Å². The molecule has 0 aliphatic rings. The maximum Gasteiger partial charge on any atom is 0.169 e.